The Morgan fingerprint density at radius 1 is 1.33 bits per heavy atom. The molecular weight excluding hydrogens is 198 g/mol. The van der Waals surface area contributed by atoms with E-state index in [1.165, 1.54) is 30.0 Å². The lowest BCUT2D eigenvalue weighted by Gasteiger charge is -2.23. The number of carboxylic acids is 1. The Labute approximate surface area is 87.2 Å². The lowest BCUT2D eigenvalue weighted by atomic mass is 10.2. The van der Waals surface area contributed by atoms with Gasteiger partial charge in [0.15, 0.2) is 11.5 Å². The summed E-state index contributed by atoms with van der Waals surface area (Å²) in [5.41, 5.74) is 0.528. The molecule has 0 radical (unpaired) electrons. The highest BCUT2D eigenvalue weighted by Gasteiger charge is 2.17. The van der Waals surface area contributed by atoms with E-state index in [9.17, 15) is 9.90 Å². The van der Waals surface area contributed by atoms with Gasteiger partial charge >= 0.3 is 5.97 Å². The highest BCUT2D eigenvalue weighted by atomic mass is 16.4. The average molecular weight is 211 g/mol. The van der Waals surface area contributed by atoms with Crippen molar-refractivity contribution in [1.82, 2.24) is 0 Å². The predicted molar refractivity (Wildman–Crippen MR) is 55.3 cm³/mol. The minimum Gasteiger partial charge on any atom is -0.504 e. The van der Waals surface area contributed by atoms with E-state index in [-0.39, 0.29) is 11.5 Å². The fourth-order valence-corrected chi connectivity index (χ4v) is 1.12. The summed E-state index contributed by atoms with van der Waals surface area (Å²) in [6.07, 6.45) is 0. The fourth-order valence-electron chi connectivity index (χ4n) is 1.12. The zero-order valence-corrected chi connectivity index (χ0v) is 8.51. The number of likely N-dealkylation sites (N-methyl/N-ethyl adjacent to an activating group) is 1. The standard InChI is InChI=1S/C10H13NO4/c1-6(10(14)15)11(2)7-3-4-8(12)9(13)5-7/h3-6,12-13H,1-2H3,(H,14,15)/t6-/m0/s1. The number of nitrogens with zero attached hydrogens (tertiary/aromatic N) is 1. The molecule has 1 aromatic carbocycles. The van der Waals surface area contributed by atoms with Crippen LogP contribution in [0.15, 0.2) is 18.2 Å². The van der Waals surface area contributed by atoms with Gasteiger partial charge in [0.05, 0.1) is 0 Å². The summed E-state index contributed by atoms with van der Waals surface area (Å²) in [5, 5.41) is 27.1. The first-order valence-corrected chi connectivity index (χ1v) is 4.41. The summed E-state index contributed by atoms with van der Waals surface area (Å²) in [6.45, 7) is 1.53. The third-order valence-electron chi connectivity index (χ3n) is 2.30. The van der Waals surface area contributed by atoms with Crippen molar-refractivity contribution in [3.05, 3.63) is 18.2 Å². The van der Waals surface area contributed by atoms with Crippen LogP contribution in [-0.4, -0.2) is 34.4 Å². The van der Waals surface area contributed by atoms with Crippen molar-refractivity contribution in [2.45, 2.75) is 13.0 Å². The Morgan fingerprint density at radius 2 is 1.93 bits per heavy atom. The van der Waals surface area contributed by atoms with Gasteiger partial charge in [-0.2, -0.15) is 0 Å². The molecule has 0 unspecified atom stereocenters. The largest absolute Gasteiger partial charge is 0.504 e. The van der Waals surface area contributed by atoms with Crippen LogP contribution in [0.25, 0.3) is 0 Å². The first-order valence-electron chi connectivity index (χ1n) is 4.41. The molecule has 5 nitrogen and oxygen atoms in total. The molecule has 0 saturated heterocycles. The van der Waals surface area contributed by atoms with E-state index < -0.39 is 12.0 Å². The second-order valence-electron chi connectivity index (χ2n) is 3.30. The van der Waals surface area contributed by atoms with Crippen LogP contribution in [0.5, 0.6) is 11.5 Å². The molecule has 0 aromatic heterocycles. The Morgan fingerprint density at radius 3 is 2.40 bits per heavy atom. The number of carboxylic acid groups (broad SMARTS) is 1. The summed E-state index contributed by atoms with van der Waals surface area (Å²) in [7, 11) is 1.60. The third-order valence-corrected chi connectivity index (χ3v) is 2.30. The monoisotopic (exact) mass is 211 g/mol. The lowest BCUT2D eigenvalue weighted by molar-refractivity contribution is -0.138. The molecule has 1 aromatic rings. The Kier molecular flexibility index (Phi) is 3.04. The van der Waals surface area contributed by atoms with Crippen molar-refractivity contribution in [1.29, 1.82) is 0 Å². The molecule has 0 spiro atoms. The van der Waals surface area contributed by atoms with E-state index in [0.29, 0.717) is 5.69 Å². The number of hydrogen-bond donors (Lipinski definition) is 3. The second-order valence-corrected chi connectivity index (χ2v) is 3.30. The minimum absolute atomic E-state index is 0.227. The zero-order valence-electron chi connectivity index (χ0n) is 8.51. The number of carbonyl (C=O) groups is 1. The minimum atomic E-state index is -0.954. The number of aromatic hydroxyl groups is 2. The van der Waals surface area contributed by atoms with Gasteiger partial charge < -0.3 is 20.2 Å². The van der Waals surface area contributed by atoms with E-state index in [1.54, 1.807) is 7.05 Å². The Bertz CT molecular complexity index is 378. The highest BCUT2D eigenvalue weighted by Crippen LogP contribution is 2.29. The normalized spacial score (nSPS) is 12.1. The van der Waals surface area contributed by atoms with E-state index in [0.717, 1.165) is 0 Å². The quantitative estimate of drug-likeness (QED) is 0.650. The molecule has 15 heavy (non-hydrogen) atoms. The van der Waals surface area contributed by atoms with Gasteiger partial charge in [-0.3, -0.25) is 0 Å². The summed E-state index contributed by atoms with van der Waals surface area (Å²) in [6, 6.07) is 3.47. The van der Waals surface area contributed by atoms with E-state index in [1.807, 2.05) is 0 Å². The maximum atomic E-state index is 10.7. The maximum absolute atomic E-state index is 10.7. The van der Waals surface area contributed by atoms with Gasteiger partial charge in [-0.25, -0.2) is 4.79 Å². The van der Waals surface area contributed by atoms with Gasteiger partial charge in [0.2, 0.25) is 0 Å². The lowest BCUT2D eigenvalue weighted by Crippen LogP contribution is -2.35. The summed E-state index contributed by atoms with van der Waals surface area (Å²) < 4.78 is 0. The van der Waals surface area contributed by atoms with Crippen LogP contribution in [0, 0.1) is 0 Å². The van der Waals surface area contributed by atoms with Gasteiger partial charge in [0.1, 0.15) is 6.04 Å². The van der Waals surface area contributed by atoms with Gasteiger partial charge in [0.25, 0.3) is 0 Å². The number of anilines is 1. The summed E-state index contributed by atoms with van der Waals surface area (Å²) >= 11 is 0. The molecule has 82 valence electrons. The summed E-state index contributed by atoms with van der Waals surface area (Å²) in [5.74, 6) is -1.45. The third kappa shape index (κ3) is 2.31. The zero-order chi connectivity index (χ0) is 11.6. The van der Waals surface area contributed by atoms with Crippen molar-refractivity contribution in [3.63, 3.8) is 0 Å². The number of rotatable bonds is 3. The van der Waals surface area contributed by atoms with Gasteiger partial charge in [-0.05, 0) is 19.1 Å². The van der Waals surface area contributed by atoms with Gasteiger partial charge in [-0.15, -0.1) is 0 Å². The average Bonchev–Trinajstić information content (AvgIpc) is 2.19. The van der Waals surface area contributed by atoms with Crippen molar-refractivity contribution < 1.29 is 20.1 Å². The first-order chi connectivity index (χ1) is 6.93. The molecule has 0 aliphatic rings. The molecule has 1 atom stereocenters. The molecule has 0 aliphatic heterocycles. The smallest absolute Gasteiger partial charge is 0.326 e. The number of phenolic OH excluding ortho intramolecular Hbond substituents is 2. The highest BCUT2D eigenvalue weighted by molar-refractivity contribution is 5.77. The molecule has 0 bridgehead atoms. The van der Waals surface area contributed by atoms with Gasteiger partial charge in [-0.1, -0.05) is 0 Å². The molecule has 0 heterocycles. The van der Waals surface area contributed by atoms with Crippen LogP contribution < -0.4 is 4.90 Å². The van der Waals surface area contributed by atoms with Crippen LogP contribution >= 0.6 is 0 Å². The molecule has 0 aliphatic carbocycles. The fraction of sp³-hybridized carbons (Fsp3) is 0.300. The maximum Gasteiger partial charge on any atom is 0.326 e. The van der Waals surface area contributed by atoms with Crippen molar-refractivity contribution in [2.75, 3.05) is 11.9 Å². The molecule has 0 saturated carbocycles. The van der Waals surface area contributed by atoms with E-state index in [4.69, 9.17) is 10.2 Å². The van der Waals surface area contributed by atoms with Crippen LogP contribution in [0.3, 0.4) is 0 Å². The van der Waals surface area contributed by atoms with E-state index >= 15 is 0 Å². The van der Waals surface area contributed by atoms with Crippen LogP contribution in [-0.2, 0) is 4.79 Å². The van der Waals surface area contributed by atoms with Crippen molar-refractivity contribution in [3.8, 4) is 11.5 Å². The molecule has 0 fully saturated rings. The number of hydrogen-bond acceptors (Lipinski definition) is 4. The van der Waals surface area contributed by atoms with Crippen LogP contribution in [0.4, 0.5) is 5.69 Å². The Balaban J connectivity index is 2.96. The molecular formula is C10H13NO4. The number of phenols is 2. The molecule has 0 amide bonds. The Hall–Kier alpha value is -1.91. The SMILES string of the molecule is C[C@@H](C(=O)O)N(C)c1ccc(O)c(O)c1. The van der Waals surface area contributed by atoms with Gasteiger partial charge in [0, 0.05) is 18.8 Å². The molecule has 5 heteroatoms. The van der Waals surface area contributed by atoms with Crippen molar-refractivity contribution >= 4 is 11.7 Å². The predicted octanol–water partition coefficient (Wildman–Crippen LogP) is 1.01. The van der Waals surface area contributed by atoms with Crippen LogP contribution in [0.2, 0.25) is 0 Å². The molecule has 1 rings (SSSR count). The van der Waals surface area contributed by atoms with Crippen LogP contribution in [0.1, 0.15) is 6.92 Å². The van der Waals surface area contributed by atoms with Crippen molar-refractivity contribution in [2.24, 2.45) is 0 Å². The second kappa shape index (κ2) is 4.08. The number of aliphatic carboxylic acids is 1. The number of benzene rings is 1. The topological polar surface area (TPSA) is 81.0 Å². The van der Waals surface area contributed by atoms with E-state index in [2.05, 4.69) is 0 Å². The summed E-state index contributed by atoms with van der Waals surface area (Å²) in [4.78, 5) is 12.2. The molecule has 3 N–H and O–H groups in total. The first kappa shape index (κ1) is 11.2.